The molecule has 0 fully saturated rings. The molecule has 0 amide bonds. The van der Waals surface area contributed by atoms with Crippen LogP contribution in [0.2, 0.25) is 0 Å². The van der Waals surface area contributed by atoms with E-state index in [1.54, 1.807) is 30.3 Å². The predicted molar refractivity (Wildman–Crippen MR) is 121 cm³/mol. The van der Waals surface area contributed by atoms with Gasteiger partial charge in [0.1, 0.15) is 11.6 Å². The van der Waals surface area contributed by atoms with Gasteiger partial charge in [0.05, 0.1) is 10.5 Å². The summed E-state index contributed by atoms with van der Waals surface area (Å²) in [6, 6.07) is 21.1. The number of benzene rings is 4. The van der Waals surface area contributed by atoms with Crippen molar-refractivity contribution in [3.8, 4) is 0 Å². The van der Waals surface area contributed by atoms with Crippen molar-refractivity contribution in [1.82, 2.24) is 0 Å². The van der Waals surface area contributed by atoms with Gasteiger partial charge in [-0.1, -0.05) is 18.2 Å². The zero-order valence-corrected chi connectivity index (χ0v) is 19.4. The van der Waals surface area contributed by atoms with Gasteiger partial charge in [0.2, 0.25) is 0 Å². The van der Waals surface area contributed by atoms with Crippen molar-refractivity contribution in [3.63, 3.8) is 0 Å². The van der Waals surface area contributed by atoms with Crippen LogP contribution in [0.4, 0.5) is 22.0 Å². The second-order valence-electron chi connectivity index (χ2n) is 7.32. The van der Waals surface area contributed by atoms with Crippen LogP contribution < -0.4 is 0 Å². The fraction of sp³-hybridized carbons (Fsp3) is 0.0400. The number of rotatable bonds is 6. The molecule has 0 aliphatic heterocycles. The van der Waals surface area contributed by atoms with E-state index in [1.807, 2.05) is 0 Å². The normalized spacial score (nSPS) is 12.9. The molecule has 3 nitrogen and oxygen atoms in total. The molecule has 0 unspecified atom stereocenters. The van der Waals surface area contributed by atoms with Gasteiger partial charge in [-0.2, -0.15) is 21.6 Å². The molecule has 0 atom stereocenters. The largest absolute Gasteiger partial charge is 0.416 e. The fourth-order valence-electron chi connectivity index (χ4n) is 3.37. The Labute approximate surface area is 200 Å². The van der Waals surface area contributed by atoms with Gasteiger partial charge in [0, 0.05) is 14.7 Å². The van der Waals surface area contributed by atoms with Crippen LogP contribution >= 0.6 is 10.3 Å². The van der Waals surface area contributed by atoms with Gasteiger partial charge in [0.15, 0.2) is 0 Å². The molecule has 0 spiro atoms. The Hall–Kier alpha value is -3.21. The van der Waals surface area contributed by atoms with Gasteiger partial charge in [0.25, 0.3) is 0 Å². The lowest BCUT2D eigenvalue weighted by Crippen LogP contribution is -2.15. The minimum atomic E-state index is -4.66. The summed E-state index contributed by atoms with van der Waals surface area (Å²) in [5.74, 6) is -1.14. The van der Waals surface area contributed by atoms with Crippen molar-refractivity contribution in [2.75, 3.05) is 0 Å². The minimum absolute atomic E-state index is 0.284. The van der Waals surface area contributed by atoms with Crippen molar-refractivity contribution < 1.29 is 34.0 Å². The first kappa shape index (κ1) is 24.9. The van der Waals surface area contributed by atoms with Gasteiger partial charge in [-0.25, -0.2) is 12.4 Å². The standard InChI is InChI=1S/C25H17F5O3S2/c26-19-8-14-22(15-9-19)34(21-4-2-1-3-5-21,23-16-10-20(27)11-17-23)33-35(31,32)24-12-6-18(7-13-24)25(28,29)30/h1-17H. The van der Waals surface area contributed by atoms with Gasteiger partial charge in [-0.15, -0.1) is 0 Å². The van der Waals surface area contributed by atoms with E-state index in [-0.39, 0.29) is 9.79 Å². The van der Waals surface area contributed by atoms with E-state index in [0.29, 0.717) is 17.0 Å². The molecule has 0 aliphatic carbocycles. The van der Waals surface area contributed by atoms with Gasteiger partial charge < -0.3 is 0 Å². The molecule has 4 aromatic carbocycles. The van der Waals surface area contributed by atoms with Crippen molar-refractivity contribution in [2.45, 2.75) is 25.8 Å². The Morgan fingerprint density at radius 2 is 0.943 bits per heavy atom. The van der Waals surface area contributed by atoms with E-state index >= 15 is 0 Å². The maximum Gasteiger partial charge on any atom is 0.416 e. The summed E-state index contributed by atoms with van der Waals surface area (Å²) in [4.78, 5) is 0.468. The highest BCUT2D eigenvalue weighted by molar-refractivity contribution is 8.33. The Balaban J connectivity index is 1.95. The second-order valence-corrected chi connectivity index (χ2v) is 11.8. The molecule has 10 heteroatoms. The Morgan fingerprint density at radius 3 is 1.37 bits per heavy atom. The third-order valence-corrected chi connectivity index (χ3v) is 10.2. The predicted octanol–water partition coefficient (Wildman–Crippen LogP) is 7.59. The molecule has 35 heavy (non-hydrogen) atoms. The molecule has 4 rings (SSSR count). The van der Waals surface area contributed by atoms with Crippen LogP contribution in [0.5, 0.6) is 0 Å². The Kier molecular flexibility index (Phi) is 6.72. The van der Waals surface area contributed by atoms with E-state index in [1.165, 1.54) is 24.3 Å². The van der Waals surface area contributed by atoms with Crippen LogP contribution in [0.25, 0.3) is 0 Å². The molecular weight excluding hydrogens is 507 g/mol. The molecule has 0 saturated heterocycles. The van der Waals surface area contributed by atoms with Crippen molar-refractivity contribution >= 4 is 20.4 Å². The summed E-state index contributed by atoms with van der Waals surface area (Å²) >= 11 is 0. The van der Waals surface area contributed by atoms with E-state index in [4.69, 9.17) is 3.63 Å². The molecular formula is C25H17F5O3S2. The highest BCUT2D eigenvalue weighted by Crippen LogP contribution is 2.70. The van der Waals surface area contributed by atoms with E-state index in [2.05, 4.69) is 0 Å². The Bertz CT molecular complexity index is 1360. The van der Waals surface area contributed by atoms with Crippen LogP contribution in [-0.4, -0.2) is 8.42 Å². The lowest BCUT2D eigenvalue weighted by Gasteiger charge is -2.39. The molecule has 4 aromatic rings. The lowest BCUT2D eigenvalue weighted by molar-refractivity contribution is -0.137. The quantitative estimate of drug-likeness (QED) is 0.244. The van der Waals surface area contributed by atoms with Crippen LogP contribution in [0.1, 0.15) is 5.56 Å². The summed E-state index contributed by atoms with van der Waals surface area (Å²) in [5, 5.41) is 0. The molecule has 0 bridgehead atoms. The zero-order valence-electron chi connectivity index (χ0n) is 17.7. The average molecular weight is 525 g/mol. The van der Waals surface area contributed by atoms with Gasteiger partial charge >= 0.3 is 16.3 Å². The summed E-state index contributed by atoms with van der Waals surface area (Å²) < 4.78 is 99.3. The third kappa shape index (κ3) is 5.09. The average Bonchev–Trinajstić information content (AvgIpc) is 2.84. The molecule has 0 aliphatic rings. The summed E-state index contributed by atoms with van der Waals surface area (Å²) in [5.41, 5.74) is -1.02. The van der Waals surface area contributed by atoms with E-state index < -0.39 is 48.7 Å². The summed E-state index contributed by atoms with van der Waals surface area (Å²) in [6.07, 6.45) is -4.65. The maximum absolute atomic E-state index is 13.8. The minimum Gasteiger partial charge on any atom is -0.207 e. The van der Waals surface area contributed by atoms with Crippen LogP contribution in [0.3, 0.4) is 0 Å². The van der Waals surface area contributed by atoms with Crippen LogP contribution in [-0.2, 0) is 19.9 Å². The summed E-state index contributed by atoms with van der Waals surface area (Å²) in [6.45, 7) is 0. The third-order valence-electron chi connectivity index (χ3n) is 5.03. The van der Waals surface area contributed by atoms with Crippen molar-refractivity contribution in [2.24, 2.45) is 0 Å². The molecule has 0 aromatic heterocycles. The van der Waals surface area contributed by atoms with Crippen LogP contribution in [0, 0.1) is 11.6 Å². The number of hydrogen-bond acceptors (Lipinski definition) is 3. The molecule has 182 valence electrons. The number of halogens is 5. The number of hydrogen-bond donors (Lipinski definition) is 0. The molecule has 0 N–H and O–H groups in total. The molecule has 0 radical (unpaired) electrons. The maximum atomic E-state index is 13.8. The first-order valence-corrected chi connectivity index (χ1v) is 13.0. The van der Waals surface area contributed by atoms with Crippen molar-refractivity contribution in [3.05, 3.63) is 120 Å². The lowest BCUT2D eigenvalue weighted by atomic mass is 10.2. The SMILES string of the molecule is O=S(=O)(OS(c1ccccc1)(c1ccc(F)cc1)c1ccc(F)cc1)c1ccc(C(F)(F)F)cc1. The number of alkyl halides is 3. The monoisotopic (exact) mass is 524 g/mol. The first-order valence-electron chi connectivity index (χ1n) is 10.1. The zero-order chi connectivity index (χ0) is 25.3. The fourth-order valence-corrected chi connectivity index (χ4v) is 8.57. The highest BCUT2D eigenvalue weighted by Gasteiger charge is 2.39. The van der Waals surface area contributed by atoms with E-state index in [9.17, 15) is 30.4 Å². The molecule has 0 saturated carbocycles. The second kappa shape index (κ2) is 9.44. The summed E-state index contributed by atoms with van der Waals surface area (Å²) in [7, 11) is -7.82. The molecule has 0 heterocycles. The van der Waals surface area contributed by atoms with Gasteiger partial charge in [-0.3, -0.25) is 0 Å². The first-order chi connectivity index (χ1) is 16.5. The van der Waals surface area contributed by atoms with Crippen LogP contribution in [0.15, 0.2) is 123 Å². The van der Waals surface area contributed by atoms with E-state index in [0.717, 1.165) is 36.4 Å². The highest BCUT2D eigenvalue weighted by atomic mass is 32.3. The smallest absolute Gasteiger partial charge is 0.207 e. The topological polar surface area (TPSA) is 43.4 Å². The van der Waals surface area contributed by atoms with Gasteiger partial charge in [-0.05, 0) is 95.2 Å². The Morgan fingerprint density at radius 1 is 0.543 bits per heavy atom. The van der Waals surface area contributed by atoms with Crippen molar-refractivity contribution in [1.29, 1.82) is 0 Å².